The molecule has 0 aliphatic carbocycles. The first kappa shape index (κ1) is 29.7. The number of amides is 2. The summed E-state index contributed by atoms with van der Waals surface area (Å²) in [6.45, 7) is 0.543. The minimum Gasteiger partial charge on any atom is -0.480 e. The first-order chi connectivity index (χ1) is 19.7. The second kappa shape index (κ2) is 11.1. The van der Waals surface area contributed by atoms with Crippen LogP contribution in [0.25, 0.3) is 17.0 Å². The van der Waals surface area contributed by atoms with Crippen LogP contribution in [0.15, 0.2) is 53.6 Å². The molecule has 2 aliphatic heterocycles. The number of carboxylic acids is 1. The van der Waals surface area contributed by atoms with Gasteiger partial charge in [-0.2, -0.15) is 26.3 Å². The molecular formula is C28H23F6N3O4S. The highest BCUT2D eigenvalue weighted by Crippen LogP contribution is 2.38. The number of rotatable bonds is 7. The molecule has 3 heterocycles. The third-order valence-corrected chi connectivity index (χ3v) is 8.22. The van der Waals surface area contributed by atoms with Gasteiger partial charge in [0.1, 0.15) is 6.04 Å². The van der Waals surface area contributed by atoms with Crippen LogP contribution in [-0.4, -0.2) is 62.3 Å². The van der Waals surface area contributed by atoms with Gasteiger partial charge in [-0.15, -0.1) is 0 Å². The lowest BCUT2D eigenvalue weighted by molar-refractivity contribution is -0.144. The quantitative estimate of drug-likeness (QED) is 0.249. The number of carboxylic acid groups (broad SMARTS) is 1. The molecule has 222 valence electrons. The number of alkyl halides is 6. The van der Waals surface area contributed by atoms with Gasteiger partial charge in [-0.05, 0) is 78.7 Å². The van der Waals surface area contributed by atoms with Gasteiger partial charge in [0.15, 0.2) is 0 Å². The molecule has 0 bridgehead atoms. The fourth-order valence-corrected chi connectivity index (χ4v) is 6.10. The highest BCUT2D eigenvalue weighted by molar-refractivity contribution is 8.18. The minimum absolute atomic E-state index is 0.0531. The highest BCUT2D eigenvalue weighted by Gasteiger charge is 2.39. The van der Waals surface area contributed by atoms with E-state index in [1.807, 2.05) is 0 Å². The zero-order chi connectivity index (χ0) is 30.4. The number of carbonyl (C=O) groups is 3. The van der Waals surface area contributed by atoms with E-state index >= 15 is 0 Å². The number of halogens is 6. The lowest BCUT2D eigenvalue weighted by atomic mass is 10.0. The van der Waals surface area contributed by atoms with E-state index in [0.29, 0.717) is 35.5 Å². The Morgan fingerprint density at radius 1 is 1.00 bits per heavy atom. The second-order valence-electron chi connectivity index (χ2n) is 9.99. The molecule has 2 aliphatic rings. The molecule has 14 heteroatoms. The summed E-state index contributed by atoms with van der Waals surface area (Å²) >= 11 is 0.757. The summed E-state index contributed by atoms with van der Waals surface area (Å²) in [5, 5.41) is 9.47. The van der Waals surface area contributed by atoms with Gasteiger partial charge in [0.2, 0.25) is 0 Å². The van der Waals surface area contributed by atoms with E-state index in [-0.39, 0.29) is 36.2 Å². The molecule has 1 atom stereocenters. The Bertz CT molecular complexity index is 1600. The molecular weight excluding hydrogens is 588 g/mol. The Hall–Kier alpha value is -3.78. The normalized spacial score (nSPS) is 19.5. The average molecular weight is 612 g/mol. The topological polar surface area (TPSA) is 82.8 Å². The molecule has 5 rings (SSSR count). The van der Waals surface area contributed by atoms with Gasteiger partial charge >= 0.3 is 18.3 Å². The van der Waals surface area contributed by atoms with Crippen LogP contribution in [0.2, 0.25) is 0 Å². The largest absolute Gasteiger partial charge is 0.480 e. The molecule has 2 amide bonds. The van der Waals surface area contributed by atoms with Gasteiger partial charge in [-0.25, -0.2) is 0 Å². The van der Waals surface area contributed by atoms with Crippen LogP contribution in [0.1, 0.15) is 35.1 Å². The molecule has 2 aromatic carbocycles. The van der Waals surface area contributed by atoms with Gasteiger partial charge in [-0.3, -0.25) is 24.2 Å². The van der Waals surface area contributed by atoms with Crippen molar-refractivity contribution in [2.45, 2.75) is 37.8 Å². The van der Waals surface area contributed by atoms with Gasteiger partial charge < -0.3 is 9.67 Å². The maximum atomic E-state index is 13.6. The third-order valence-electron chi connectivity index (χ3n) is 7.31. The van der Waals surface area contributed by atoms with Crippen molar-refractivity contribution in [3.05, 3.63) is 75.8 Å². The Labute approximate surface area is 239 Å². The predicted octanol–water partition coefficient (Wildman–Crippen LogP) is 6.31. The summed E-state index contributed by atoms with van der Waals surface area (Å²) in [4.78, 5) is 39.8. The van der Waals surface area contributed by atoms with Crippen molar-refractivity contribution < 1.29 is 45.8 Å². The summed E-state index contributed by atoms with van der Waals surface area (Å²) in [6.07, 6.45) is -5.63. The van der Waals surface area contributed by atoms with E-state index < -0.39 is 46.6 Å². The van der Waals surface area contributed by atoms with E-state index in [1.165, 1.54) is 16.8 Å². The van der Waals surface area contributed by atoms with Crippen molar-refractivity contribution in [3.8, 4) is 0 Å². The monoisotopic (exact) mass is 611 g/mol. The molecule has 1 unspecified atom stereocenters. The van der Waals surface area contributed by atoms with Crippen molar-refractivity contribution in [3.63, 3.8) is 0 Å². The third kappa shape index (κ3) is 6.04. The van der Waals surface area contributed by atoms with Crippen LogP contribution in [0.4, 0.5) is 31.1 Å². The standard InChI is InChI=1S/C28H23F6N3O4S/c29-27(30,31)19-5-4-18(20(14-19)28(32,33)34)15-36-9-7-17-12-16(3-6-21(17)36)13-23-24(38)37(26(41)42-23)11-10-35-8-1-2-22(35)25(39)40/h3-7,9,12-14,22H,1-2,8,10-11,15H2,(H,39,40). The molecule has 3 aromatic rings. The number of fused-ring (bicyclic) bond motifs is 1. The van der Waals surface area contributed by atoms with Crippen molar-refractivity contribution in [2.24, 2.45) is 0 Å². The summed E-state index contributed by atoms with van der Waals surface area (Å²) in [6, 6.07) is 7.46. The zero-order valence-electron chi connectivity index (χ0n) is 21.7. The number of thioether (sulfide) groups is 1. The Balaban J connectivity index is 1.33. The van der Waals surface area contributed by atoms with Crippen LogP contribution >= 0.6 is 11.8 Å². The molecule has 2 saturated heterocycles. The van der Waals surface area contributed by atoms with Gasteiger partial charge in [-0.1, -0.05) is 12.1 Å². The number of aliphatic carboxylic acids is 1. The van der Waals surface area contributed by atoms with E-state index in [2.05, 4.69) is 0 Å². The number of likely N-dealkylation sites (tertiary alicyclic amines) is 1. The fraction of sp³-hybridized carbons (Fsp3) is 0.321. The summed E-state index contributed by atoms with van der Waals surface area (Å²) in [5.41, 5.74) is -2.00. The maximum absolute atomic E-state index is 13.6. The highest BCUT2D eigenvalue weighted by atomic mass is 32.2. The molecule has 2 fully saturated rings. The molecule has 0 radical (unpaired) electrons. The van der Waals surface area contributed by atoms with Gasteiger partial charge in [0, 0.05) is 36.7 Å². The first-order valence-corrected chi connectivity index (χ1v) is 13.6. The number of hydrogen-bond donors (Lipinski definition) is 1. The minimum atomic E-state index is -4.98. The van der Waals surface area contributed by atoms with E-state index in [1.54, 1.807) is 29.2 Å². The summed E-state index contributed by atoms with van der Waals surface area (Å²) in [5.74, 6) is -1.44. The average Bonchev–Trinajstić information content (AvgIpc) is 3.60. The van der Waals surface area contributed by atoms with E-state index in [9.17, 15) is 45.8 Å². The van der Waals surface area contributed by atoms with Crippen molar-refractivity contribution in [2.75, 3.05) is 19.6 Å². The van der Waals surface area contributed by atoms with Crippen molar-refractivity contribution in [1.29, 1.82) is 0 Å². The molecule has 1 N–H and O–H groups in total. The van der Waals surface area contributed by atoms with E-state index in [0.717, 1.165) is 29.1 Å². The molecule has 7 nitrogen and oxygen atoms in total. The Morgan fingerprint density at radius 2 is 1.76 bits per heavy atom. The number of hydrogen-bond acceptors (Lipinski definition) is 5. The Kier molecular flexibility index (Phi) is 7.88. The van der Waals surface area contributed by atoms with Crippen LogP contribution in [0, 0.1) is 0 Å². The SMILES string of the molecule is O=C(O)C1CCCN1CCN1C(=O)SC(=Cc2ccc3c(ccn3Cc3ccc(C(F)(F)F)cc3C(F)(F)F)c2)C1=O. The van der Waals surface area contributed by atoms with Crippen molar-refractivity contribution in [1.82, 2.24) is 14.4 Å². The molecule has 0 saturated carbocycles. The van der Waals surface area contributed by atoms with Crippen LogP contribution < -0.4 is 0 Å². The molecule has 42 heavy (non-hydrogen) atoms. The van der Waals surface area contributed by atoms with Gasteiger partial charge in [0.25, 0.3) is 11.1 Å². The summed E-state index contributed by atoms with van der Waals surface area (Å²) in [7, 11) is 0. The molecule has 0 spiro atoms. The number of benzene rings is 2. The molecule has 1 aromatic heterocycles. The number of imide groups is 1. The number of nitrogens with zero attached hydrogens (tertiary/aromatic N) is 3. The second-order valence-corrected chi connectivity index (χ2v) is 11.0. The van der Waals surface area contributed by atoms with Gasteiger partial charge in [0.05, 0.1) is 16.0 Å². The lowest BCUT2D eigenvalue weighted by Crippen LogP contribution is -2.42. The van der Waals surface area contributed by atoms with Crippen molar-refractivity contribution >= 4 is 45.9 Å². The van der Waals surface area contributed by atoms with Crippen LogP contribution in [0.3, 0.4) is 0 Å². The lowest BCUT2D eigenvalue weighted by Gasteiger charge is -2.23. The zero-order valence-corrected chi connectivity index (χ0v) is 22.5. The summed E-state index contributed by atoms with van der Waals surface area (Å²) < 4.78 is 81.4. The van der Waals surface area contributed by atoms with Crippen LogP contribution in [-0.2, 0) is 28.5 Å². The maximum Gasteiger partial charge on any atom is 0.416 e. The fourth-order valence-electron chi connectivity index (χ4n) is 5.23. The number of carbonyl (C=O) groups excluding carboxylic acids is 2. The first-order valence-electron chi connectivity index (χ1n) is 12.8. The smallest absolute Gasteiger partial charge is 0.416 e. The Morgan fingerprint density at radius 3 is 2.45 bits per heavy atom. The predicted molar refractivity (Wildman–Crippen MR) is 142 cm³/mol. The van der Waals surface area contributed by atoms with E-state index in [4.69, 9.17) is 0 Å². The number of aromatic nitrogens is 1. The van der Waals surface area contributed by atoms with Crippen LogP contribution in [0.5, 0.6) is 0 Å².